The molecule has 2 nitrogen and oxygen atoms in total. The Morgan fingerprint density at radius 1 is 0.944 bits per heavy atom. The third kappa shape index (κ3) is 8.32. The highest BCUT2D eigenvalue weighted by Gasteiger charge is 2.08. The Hall–Kier alpha value is -0.790. The second-order valence-corrected chi connectivity index (χ2v) is 6.62. The number of hydrogen-bond acceptors (Lipinski definition) is 1. The summed E-state index contributed by atoms with van der Waals surface area (Å²) >= 11 is 0. The van der Waals surface area contributed by atoms with Gasteiger partial charge in [0, 0.05) is 11.9 Å². The minimum atomic E-state index is 0.518. The van der Waals surface area contributed by atoms with Crippen molar-refractivity contribution in [2.24, 2.45) is 5.41 Å². The standard InChI is InChI=1S/C16H30N2/c1-16(2,3)13-10-8-6-4-5-7-9-11-15-12-14-17-18-15/h12,14H,4-11,13H2,1-3H3,(H,17,18). The molecule has 1 aromatic heterocycles. The van der Waals surface area contributed by atoms with E-state index in [1.165, 1.54) is 57.1 Å². The van der Waals surface area contributed by atoms with Gasteiger partial charge in [0.1, 0.15) is 0 Å². The Kier molecular flexibility index (Phi) is 7.07. The number of aryl methyl sites for hydroxylation is 1. The van der Waals surface area contributed by atoms with Crippen LogP contribution in [-0.2, 0) is 6.42 Å². The average Bonchev–Trinajstić information content (AvgIpc) is 2.78. The summed E-state index contributed by atoms with van der Waals surface area (Å²) in [7, 11) is 0. The van der Waals surface area contributed by atoms with Gasteiger partial charge in [0.05, 0.1) is 0 Å². The fraction of sp³-hybridized carbons (Fsp3) is 0.812. The molecule has 1 aromatic rings. The van der Waals surface area contributed by atoms with Crippen LogP contribution in [0.1, 0.15) is 77.8 Å². The van der Waals surface area contributed by atoms with E-state index in [2.05, 4.69) is 37.0 Å². The predicted octanol–water partition coefficient (Wildman–Crippen LogP) is 5.12. The quantitative estimate of drug-likeness (QED) is 0.605. The predicted molar refractivity (Wildman–Crippen MR) is 78.7 cm³/mol. The van der Waals surface area contributed by atoms with Gasteiger partial charge in [0.2, 0.25) is 0 Å². The highest BCUT2D eigenvalue weighted by atomic mass is 15.1. The number of hydrogen-bond donors (Lipinski definition) is 1. The zero-order valence-corrected chi connectivity index (χ0v) is 12.5. The van der Waals surface area contributed by atoms with Crippen molar-refractivity contribution in [3.8, 4) is 0 Å². The second kappa shape index (κ2) is 8.34. The Bertz CT molecular complexity index is 283. The minimum Gasteiger partial charge on any atom is -0.283 e. The molecule has 1 N–H and O–H groups in total. The normalized spacial score (nSPS) is 11.9. The lowest BCUT2D eigenvalue weighted by Gasteiger charge is -2.17. The van der Waals surface area contributed by atoms with Gasteiger partial charge in [-0.25, -0.2) is 0 Å². The van der Waals surface area contributed by atoms with Crippen LogP contribution in [0.3, 0.4) is 0 Å². The molecule has 0 aromatic carbocycles. The Morgan fingerprint density at radius 3 is 2.11 bits per heavy atom. The topological polar surface area (TPSA) is 28.7 Å². The first-order chi connectivity index (χ1) is 8.58. The maximum atomic E-state index is 3.97. The summed E-state index contributed by atoms with van der Waals surface area (Å²) in [5.74, 6) is 0. The van der Waals surface area contributed by atoms with E-state index >= 15 is 0 Å². The van der Waals surface area contributed by atoms with Crippen LogP contribution in [0.2, 0.25) is 0 Å². The van der Waals surface area contributed by atoms with Crippen molar-refractivity contribution in [2.75, 3.05) is 0 Å². The van der Waals surface area contributed by atoms with E-state index in [1.54, 1.807) is 0 Å². The number of aromatic nitrogens is 2. The molecule has 0 bridgehead atoms. The van der Waals surface area contributed by atoms with Crippen LogP contribution in [0.15, 0.2) is 12.3 Å². The molecule has 0 unspecified atom stereocenters. The van der Waals surface area contributed by atoms with Crippen molar-refractivity contribution in [1.29, 1.82) is 0 Å². The number of rotatable bonds is 9. The van der Waals surface area contributed by atoms with Gasteiger partial charge in [-0.2, -0.15) is 5.10 Å². The van der Waals surface area contributed by atoms with Crippen LogP contribution in [-0.4, -0.2) is 10.2 Å². The lowest BCUT2D eigenvalue weighted by molar-refractivity contribution is 0.356. The maximum absolute atomic E-state index is 3.97. The minimum absolute atomic E-state index is 0.518. The summed E-state index contributed by atoms with van der Waals surface area (Å²) in [5.41, 5.74) is 1.80. The molecular formula is C16H30N2. The molecule has 0 saturated heterocycles. The third-order valence-corrected chi connectivity index (χ3v) is 3.43. The molecule has 18 heavy (non-hydrogen) atoms. The molecule has 0 amide bonds. The van der Waals surface area contributed by atoms with E-state index in [0.717, 1.165) is 6.42 Å². The molecule has 0 radical (unpaired) electrons. The Morgan fingerprint density at radius 2 is 1.56 bits per heavy atom. The Labute approximate surface area is 113 Å². The van der Waals surface area contributed by atoms with Gasteiger partial charge < -0.3 is 0 Å². The summed E-state index contributed by atoms with van der Waals surface area (Å²) in [4.78, 5) is 0. The summed E-state index contributed by atoms with van der Waals surface area (Å²) in [6.07, 6.45) is 14.1. The van der Waals surface area contributed by atoms with Gasteiger partial charge in [0.15, 0.2) is 0 Å². The summed E-state index contributed by atoms with van der Waals surface area (Å²) in [5, 5.41) is 6.99. The fourth-order valence-corrected chi connectivity index (χ4v) is 2.28. The largest absolute Gasteiger partial charge is 0.283 e. The summed E-state index contributed by atoms with van der Waals surface area (Å²) < 4.78 is 0. The zero-order valence-electron chi connectivity index (χ0n) is 12.5. The lowest BCUT2D eigenvalue weighted by Crippen LogP contribution is -2.03. The zero-order chi connectivity index (χ0) is 13.3. The van der Waals surface area contributed by atoms with Gasteiger partial charge in [-0.05, 0) is 30.7 Å². The first-order valence-corrected chi connectivity index (χ1v) is 7.56. The van der Waals surface area contributed by atoms with Crippen LogP contribution in [0.4, 0.5) is 0 Å². The average molecular weight is 250 g/mol. The van der Waals surface area contributed by atoms with Gasteiger partial charge in [-0.3, -0.25) is 5.10 Å². The number of aromatic amines is 1. The van der Waals surface area contributed by atoms with E-state index in [1.807, 2.05) is 6.20 Å². The van der Waals surface area contributed by atoms with E-state index in [4.69, 9.17) is 0 Å². The molecule has 1 heterocycles. The van der Waals surface area contributed by atoms with Crippen molar-refractivity contribution in [3.05, 3.63) is 18.0 Å². The van der Waals surface area contributed by atoms with Crippen molar-refractivity contribution < 1.29 is 0 Å². The number of H-pyrrole nitrogens is 1. The smallest absolute Gasteiger partial charge is 0.0490 e. The molecule has 0 aliphatic rings. The van der Waals surface area contributed by atoms with Crippen molar-refractivity contribution in [3.63, 3.8) is 0 Å². The van der Waals surface area contributed by atoms with Crippen molar-refractivity contribution in [1.82, 2.24) is 10.2 Å². The van der Waals surface area contributed by atoms with Gasteiger partial charge in [-0.15, -0.1) is 0 Å². The van der Waals surface area contributed by atoms with Gasteiger partial charge in [-0.1, -0.05) is 59.3 Å². The molecule has 1 rings (SSSR count). The van der Waals surface area contributed by atoms with Crippen LogP contribution >= 0.6 is 0 Å². The number of nitrogens with one attached hydrogen (secondary N) is 1. The SMILES string of the molecule is CC(C)(C)CCCCCCCCCc1ccn[nH]1. The second-order valence-electron chi connectivity index (χ2n) is 6.62. The summed E-state index contributed by atoms with van der Waals surface area (Å²) in [6.45, 7) is 7.01. The fourth-order valence-electron chi connectivity index (χ4n) is 2.28. The molecule has 2 heteroatoms. The van der Waals surface area contributed by atoms with Gasteiger partial charge in [0.25, 0.3) is 0 Å². The maximum Gasteiger partial charge on any atom is 0.0490 e. The highest BCUT2D eigenvalue weighted by molar-refractivity contribution is 4.96. The molecule has 0 aliphatic carbocycles. The Balaban J connectivity index is 1.82. The molecule has 0 atom stereocenters. The first-order valence-electron chi connectivity index (χ1n) is 7.56. The van der Waals surface area contributed by atoms with E-state index in [-0.39, 0.29) is 0 Å². The van der Waals surface area contributed by atoms with Crippen LogP contribution < -0.4 is 0 Å². The highest BCUT2D eigenvalue weighted by Crippen LogP contribution is 2.22. The third-order valence-electron chi connectivity index (χ3n) is 3.43. The van der Waals surface area contributed by atoms with E-state index in [0.29, 0.717) is 5.41 Å². The lowest BCUT2D eigenvalue weighted by atomic mass is 9.89. The molecule has 0 saturated carbocycles. The monoisotopic (exact) mass is 250 g/mol. The first kappa shape index (κ1) is 15.3. The molecule has 0 spiro atoms. The van der Waals surface area contributed by atoms with Gasteiger partial charge >= 0.3 is 0 Å². The van der Waals surface area contributed by atoms with Crippen LogP contribution in [0.5, 0.6) is 0 Å². The van der Waals surface area contributed by atoms with Crippen molar-refractivity contribution in [2.45, 2.75) is 78.6 Å². The summed E-state index contributed by atoms with van der Waals surface area (Å²) in [6, 6.07) is 2.08. The number of unbranched alkanes of at least 4 members (excludes halogenated alkanes) is 6. The molecule has 0 aliphatic heterocycles. The number of nitrogens with zero attached hydrogens (tertiary/aromatic N) is 1. The molecule has 0 fully saturated rings. The van der Waals surface area contributed by atoms with E-state index in [9.17, 15) is 0 Å². The van der Waals surface area contributed by atoms with Crippen LogP contribution in [0, 0.1) is 5.41 Å². The van der Waals surface area contributed by atoms with Crippen molar-refractivity contribution >= 4 is 0 Å². The van der Waals surface area contributed by atoms with E-state index < -0.39 is 0 Å². The van der Waals surface area contributed by atoms with Crippen LogP contribution in [0.25, 0.3) is 0 Å². The molecule has 104 valence electrons. The molecular weight excluding hydrogens is 220 g/mol.